The number of hydrogen-bond acceptors (Lipinski definition) is 5. The third kappa shape index (κ3) is 4.51. The Kier molecular flexibility index (Phi) is 6.86. The minimum atomic E-state index is -4.56. The van der Waals surface area contributed by atoms with E-state index in [-0.39, 0.29) is 40.8 Å². The molecule has 3 rings (SSSR count). The van der Waals surface area contributed by atoms with Crippen molar-refractivity contribution in [2.45, 2.75) is 13.1 Å². The Morgan fingerprint density at radius 3 is 2.62 bits per heavy atom. The fourth-order valence-corrected chi connectivity index (χ4v) is 2.94. The van der Waals surface area contributed by atoms with Gasteiger partial charge in [0, 0.05) is 25.7 Å². The van der Waals surface area contributed by atoms with Gasteiger partial charge in [-0.25, -0.2) is 4.98 Å². The van der Waals surface area contributed by atoms with Crippen LogP contribution in [0, 0.1) is 6.92 Å². The quantitative estimate of drug-likeness (QED) is 0.666. The normalized spacial score (nSPS) is 11.4. The fraction of sp³-hybridized carbons (Fsp3) is 0.316. The standard InChI is InChI=1S/C19H19F3N4O2.ClH/c1-11-16-13(18(27)26(3)9-8-23-2)10-15(24-17(16)28-25-11)12-6-4-5-7-14(12)19(20,21)22;/h4-7,10,23H,8-9H2,1-3H3;1H. The molecule has 0 saturated carbocycles. The summed E-state index contributed by atoms with van der Waals surface area (Å²) in [7, 11) is 3.39. The van der Waals surface area contributed by atoms with Crippen LogP contribution in [-0.4, -0.2) is 48.1 Å². The number of carbonyl (C=O) groups excluding carboxylic acids is 1. The van der Waals surface area contributed by atoms with Crippen LogP contribution in [0.3, 0.4) is 0 Å². The highest BCUT2D eigenvalue weighted by molar-refractivity contribution is 6.07. The van der Waals surface area contributed by atoms with Gasteiger partial charge in [0.2, 0.25) is 0 Å². The van der Waals surface area contributed by atoms with E-state index in [4.69, 9.17) is 4.52 Å². The van der Waals surface area contributed by atoms with Crippen LogP contribution in [0.2, 0.25) is 0 Å². The van der Waals surface area contributed by atoms with E-state index in [2.05, 4.69) is 15.5 Å². The summed E-state index contributed by atoms with van der Waals surface area (Å²) in [4.78, 5) is 18.6. The third-order valence-corrected chi connectivity index (χ3v) is 4.40. The highest BCUT2D eigenvalue weighted by Crippen LogP contribution is 2.37. The van der Waals surface area contributed by atoms with E-state index < -0.39 is 11.7 Å². The van der Waals surface area contributed by atoms with Crippen LogP contribution in [0.5, 0.6) is 0 Å². The molecule has 0 bridgehead atoms. The SMILES string of the molecule is CNCCN(C)C(=O)c1cc(-c2ccccc2C(F)(F)F)nc2onc(C)c12.Cl. The molecule has 2 heterocycles. The van der Waals surface area contributed by atoms with Gasteiger partial charge in [0.25, 0.3) is 11.6 Å². The summed E-state index contributed by atoms with van der Waals surface area (Å²) in [5, 5.41) is 7.17. The predicted molar refractivity (Wildman–Crippen MR) is 105 cm³/mol. The van der Waals surface area contributed by atoms with E-state index in [0.717, 1.165) is 6.07 Å². The molecule has 1 amide bonds. The summed E-state index contributed by atoms with van der Waals surface area (Å²) in [6.07, 6.45) is -4.56. The number of nitrogens with one attached hydrogen (secondary N) is 1. The first-order chi connectivity index (χ1) is 13.2. The molecule has 0 saturated heterocycles. The molecule has 0 aliphatic rings. The second-order valence-corrected chi connectivity index (χ2v) is 6.38. The number of pyridine rings is 1. The molecule has 29 heavy (non-hydrogen) atoms. The first-order valence-corrected chi connectivity index (χ1v) is 8.57. The number of carbonyl (C=O) groups is 1. The second-order valence-electron chi connectivity index (χ2n) is 6.38. The number of likely N-dealkylation sites (N-methyl/N-ethyl adjacent to an activating group) is 2. The highest BCUT2D eigenvalue weighted by atomic mass is 35.5. The second kappa shape index (κ2) is 8.79. The lowest BCUT2D eigenvalue weighted by molar-refractivity contribution is -0.137. The van der Waals surface area contributed by atoms with Gasteiger partial charge in [-0.1, -0.05) is 23.4 Å². The molecule has 2 aromatic heterocycles. The zero-order chi connectivity index (χ0) is 20.5. The van der Waals surface area contributed by atoms with Crippen molar-refractivity contribution in [1.82, 2.24) is 20.4 Å². The summed E-state index contributed by atoms with van der Waals surface area (Å²) in [6, 6.07) is 6.46. The molecule has 0 spiro atoms. The van der Waals surface area contributed by atoms with E-state index in [9.17, 15) is 18.0 Å². The molecule has 0 fully saturated rings. The van der Waals surface area contributed by atoms with Crippen molar-refractivity contribution in [2.24, 2.45) is 0 Å². The maximum absolute atomic E-state index is 13.4. The summed E-state index contributed by atoms with van der Waals surface area (Å²) in [6.45, 7) is 2.65. The Labute approximate surface area is 171 Å². The number of halogens is 4. The summed E-state index contributed by atoms with van der Waals surface area (Å²) in [5.41, 5.74) is -0.282. The molecule has 0 aliphatic carbocycles. The predicted octanol–water partition coefficient (Wildman–Crippen LogP) is 3.93. The fourth-order valence-electron chi connectivity index (χ4n) is 2.94. The summed E-state index contributed by atoms with van der Waals surface area (Å²) < 4.78 is 45.5. The van der Waals surface area contributed by atoms with Crippen molar-refractivity contribution in [3.8, 4) is 11.3 Å². The van der Waals surface area contributed by atoms with E-state index >= 15 is 0 Å². The Hall–Kier alpha value is -2.65. The van der Waals surface area contributed by atoms with E-state index in [1.807, 2.05) is 0 Å². The molecule has 1 N–H and O–H groups in total. The van der Waals surface area contributed by atoms with Gasteiger partial charge in [-0.15, -0.1) is 12.4 Å². The van der Waals surface area contributed by atoms with Crippen LogP contribution in [0.15, 0.2) is 34.9 Å². The van der Waals surface area contributed by atoms with Crippen molar-refractivity contribution < 1.29 is 22.5 Å². The van der Waals surface area contributed by atoms with Gasteiger partial charge in [-0.05, 0) is 26.1 Å². The average Bonchev–Trinajstić information content (AvgIpc) is 3.05. The Bertz CT molecular complexity index is 1020. The van der Waals surface area contributed by atoms with Crippen LogP contribution in [-0.2, 0) is 6.18 Å². The van der Waals surface area contributed by atoms with Gasteiger partial charge in [-0.3, -0.25) is 4.79 Å². The first kappa shape index (κ1) is 22.6. The minimum Gasteiger partial charge on any atom is -0.340 e. The van der Waals surface area contributed by atoms with E-state index in [1.54, 1.807) is 21.0 Å². The topological polar surface area (TPSA) is 71.3 Å². The number of nitrogens with zero attached hydrogens (tertiary/aromatic N) is 3. The largest absolute Gasteiger partial charge is 0.417 e. The van der Waals surface area contributed by atoms with Gasteiger partial charge in [0.05, 0.1) is 27.9 Å². The molecule has 10 heteroatoms. The van der Waals surface area contributed by atoms with Gasteiger partial charge >= 0.3 is 6.18 Å². The number of aromatic nitrogens is 2. The van der Waals surface area contributed by atoms with Crippen molar-refractivity contribution in [3.05, 3.63) is 47.2 Å². The molecule has 156 valence electrons. The molecule has 3 aromatic rings. The number of amides is 1. The van der Waals surface area contributed by atoms with Crippen molar-refractivity contribution in [2.75, 3.05) is 27.2 Å². The average molecular weight is 429 g/mol. The maximum Gasteiger partial charge on any atom is 0.417 e. The molecule has 6 nitrogen and oxygen atoms in total. The lowest BCUT2D eigenvalue weighted by atomic mass is 10.0. The first-order valence-electron chi connectivity index (χ1n) is 8.57. The van der Waals surface area contributed by atoms with Gasteiger partial charge in [-0.2, -0.15) is 13.2 Å². The van der Waals surface area contributed by atoms with Crippen molar-refractivity contribution >= 4 is 29.4 Å². The Morgan fingerprint density at radius 2 is 1.97 bits per heavy atom. The number of fused-ring (bicyclic) bond motifs is 1. The highest BCUT2D eigenvalue weighted by Gasteiger charge is 2.34. The van der Waals surface area contributed by atoms with E-state index in [1.165, 1.54) is 29.2 Å². The number of aryl methyl sites for hydroxylation is 1. The smallest absolute Gasteiger partial charge is 0.340 e. The zero-order valence-corrected chi connectivity index (χ0v) is 16.8. The molecular formula is C19H20ClF3N4O2. The molecule has 1 aromatic carbocycles. The number of rotatable bonds is 5. The van der Waals surface area contributed by atoms with Gasteiger partial charge < -0.3 is 14.7 Å². The van der Waals surface area contributed by atoms with Crippen LogP contribution in [0.25, 0.3) is 22.4 Å². The number of alkyl halides is 3. The zero-order valence-electron chi connectivity index (χ0n) is 16.0. The Morgan fingerprint density at radius 1 is 1.28 bits per heavy atom. The number of benzene rings is 1. The maximum atomic E-state index is 13.4. The van der Waals surface area contributed by atoms with Crippen LogP contribution in [0.1, 0.15) is 21.6 Å². The van der Waals surface area contributed by atoms with Crippen molar-refractivity contribution in [1.29, 1.82) is 0 Å². The monoisotopic (exact) mass is 428 g/mol. The Balaban J connectivity index is 0.00000300. The molecule has 0 radical (unpaired) electrons. The molecule has 0 aliphatic heterocycles. The van der Waals surface area contributed by atoms with Crippen LogP contribution >= 0.6 is 12.4 Å². The molecule has 0 unspecified atom stereocenters. The van der Waals surface area contributed by atoms with Crippen molar-refractivity contribution in [3.63, 3.8) is 0 Å². The van der Waals surface area contributed by atoms with Gasteiger partial charge in [0.15, 0.2) is 0 Å². The molecule has 0 atom stereocenters. The van der Waals surface area contributed by atoms with Gasteiger partial charge in [0.1, 0.15) is 0 Å². The summed E-state index contributed by atoms with van der Waals surface area (Å²) in [5.74, 6) is -0.348. The summed E-state index contributed by atoms with van der Waals surface area (Å²) >= 11 is 0. The minimum absolute atomic E-state index is 0. The lowest BCUT2D eigenvalue weighted by Crippen LogP contribution is -2.33. The third-order valence-electron chi connectivity index (χ3n) is 4.40. The molecular weight excluding hydrogens is 409 g/mol. The van der Waals surface area contributed by atoms with Crippen LogP contribution in [0.4, 0.5) is 13.2 Å². The number of hydrogen-bond donors (Lipinski definition) is 1. The van der Waals surface area contributed by atoms with E-state index in [0.29, 0.717) is 24.2 Å². The van der Waals surface area contributed by atoms with Crippen LogP contribution < -0.4 is 5.32 Å². The lowest BCUT2D eigenvalue weighted by Gasteiger charge is -2.18.